The largest absolute Gasteiger partial charge is 0.463 e. The minimum atomic E-state index is -1.17. The summed E-state index contributed by atoms with van der Waals surface area (Å²) < 4.78 is 60.3. The second kappa shape index (κ2) is 13.7. The molecule has 4 fully saturated rings. The lowest BCUT2D eigenvalue weighted by atomic mass is 9.96. The van der Waals surface area contributed by atoms with Crippen LogP contribution in [-0.2, 0) is 61.8 Å². The Hall–Kier alpha value is -2.13. The molecule has 0 N–H and O–H groups in total. The van der Waals surface area contributed by atoms with Crippen molar-refractivity contribution in [2.45, 2.75) is 135 Å². The lowest BCUT2D eigenvalue weighted by Gasteiger charge is -2.48. The molecule has 1 aliphatic carbocycles. The van der Waals surface area contributed by atoms with E-state index in [2.05, 4.69) is 6.58 Å². The highest BCUT2D eigenvalue weighted by Gasteiger charge is 2.59. The fourth-order valence-corrected chi connectivity index (χ4v) is 5.61. The third kappa shape index (κ3) is 8.07. The monoisotopic (exact) mass is 600 g/mol. The molecule has 0 bridgehead atoms. The van der Waals surface area contributed by atoms with Crippen LogP contribution in [0.5, 0.6) is 0 Å². The van der Waals surface area contributed by atoms with Gasteiger partial charge in [-0.25, -0.2) is 0 Å². The van der Waals surface area contributed by atoms with E-state index in [1.165, 1.54) is 20.8 Å². The van der Waals surface area contributed by atoms with Crippen molar-refractivity contribution in [1.82, 2.24) is 0 Å². The second-order valence-corrected chi connectivity index (χ2v) is 11.6. The Bertz CT molecular complexity index is 981. The van der Waals surface area contributed by atoms with Crippen LogP contribution in [-0.4, -0.2) is 104 Å². The highest BCUT2D eigenvalue weighted by molar-refractivity contribution is 5.68. The third-order valence-corrected chi connectivity index (χ3v) is 7.54. The molecule has 3 heterocycles. The number of carbonyl (C=O) groups is 3. The van der Waals surface area contributed by atoms with Crippen molar-refractivity contribution in [3.05, 3.63) is 12.7 Å². The lowest BCUT2D eigenvalue weighted by molar-refractivity contribution is -0.354. The molecule has 11 atom stereocenters. The maximum Gasteiger partial charge on any atom is 0.303 e. The molecule has 0 radical (unpaired) electrons. The van der Waals surface area contributed by atoms with E-state index < -0.39 is 85.1 Å². The van der Waals surface area contributed by atoms with E-state index in [0.29, 0.717) is 5.92 Å². The average Bonchev–Trinajstić information content (AvgIpc) is 3.68. The summed E-state index contributed by atoms with van der Waals surface area (Å²) in [5.74, 6) is -2.47. The summed E-state index contributed by atoms with van der Waals surface area (Å²) in [5, 5.41) is 0. The lowest BCUT2D eigenvalue weighted by Crippen LogP contribution is -2.65. The minimum Gasteiger partial charge on any atom is -0.463 e. The van der Waals surface area contributed by atoms with Crippen molar-refractivity contribution in [1.29, 1.82) is 0 Å². The van der Waals surface area contributed by atoms with Gasteiger partial charge in [-0.1, -0.05) is 6.08 Å². The van der Waals surface area contributed by atoms with E-state index in [9.17, 15) is 14.4 Å². The molecule has 42 heavy (non-hydrogen) atoms. The first kappa shape index (κ1) is 32.8. The minimum absolute atomic E-state index is 0.236. The Balaban J connectivity index is 1.67. The van der Waals surface area contributed by atoms with E-state index >= 15 is 0 Å². The first-order valence-corrected chi connectivity index (χ1v) is 14.5. The Labute approximate surface area is 246 Å². The van der Waals surface area contributed by atoms with Gasteiger partial charge >= 0.3 is 17.9 Å². The van der Waals surface area contributed by atoms with Crippen LogP contribution in [0.25, 0.3) is 0 Å². The zero-order valence-electron chi connectivity index (χ0n) is 25.3. The molecule has 0 aromatic rings. The number of esters is 3. The molecule has 4 rings (SSSR count). The second-order valence-electron chi connectivity index (χ2n) is 11.6. The summed E-state index contributed by atoms with van der Waals surface area (Å²) >= 11 is 0. The molecule has 0 spiro atoms. The Morgan fingerprint density at radius 2 is 1.55 bits per heavy atom. The highest BCUT2D eigenvalue weighted by atomic mass is 16.8. The van der Waals surface area contributed by atoms with Crippen molar-refractivity contribution in [3.63, 3.8) is 0 Å². The predicted molar refractivity (Wildman–Crippen MR) is 143 cm³/mol. The van der Waals surface area contributed by atoms with E-state index in [-0.39, 0.29) is 19.3 Å². The topological polar surface area (TPSA) is 144 Å². The van der Waals surface area contributed by atoms with Gasteiger partial charge in [-0.2, -0.15) is 0 Å². The third-order valence-electron chi connectivity index (χ3n) is 7.54. The Kier molecular flexibility index (Phi) is 10.7. The Morgan fingerprint density at radius 1 is 0.905 bits per heavy atom. The number of hydrogen-bond donors (Lipinski definition) is 0. The fraction of sp³-hybridized carbons (Fsp3) is 0.828. The molecule has 0 aromatic carbocycles. The van der Waals surface area contributed by atoms with Gasteiger partial charge < -0.3 is 47.4 Å². The van der Waals surface area contributed by atoms with Gasteiger partial charge in [0.2, 0.25) is 0 Å². The molecular formula is C29H44O13. The van der Waals surface area contributed by atoms with Crippen LogP contribution < -0.4 is 0 Å². The van der Waals surface area contributed by atoms with E-state index in [1.807, 2.05) is 13.8 Å². The van der Waals surface area contributed by atoms with Crippen LogP contribution in [0.15, 0.2) is 12.7 Å². The van der Waals surface area contributed by atoms with Gasteiger partial charge in [-0.3, -0.25) is 14.4 Å². The van der Waals surface area contributed by atoms with E-state index in [4.69, 9.17) is 47.4 Å². The molecule has 4 aliphatic rings. The summed E-state index contributed by atoms with van der Waals surface area (Å²) in [6, 6.07) is 0. The van der Waals surface area contributed by atoms with Crippen LogP contribution in [0.3, 0.4) is 0 Å². The summed E-state index contributed by atoms with van der Waals surface area (Å²) in [5.41, 5.74) is 0. The van der Waals surface area contributed by atoms with Gasteiger partial charge in [0.15, 0.2) is 30.6 Å². The molecule has 1 saturated carbocycles. The first-order valence-electron chi connectivity index (χ1n) is 14.5. The van der Waals surface area contributed by atoms with Crippen LogP contribution in [0.1, 0.15) is 61.3 Å². The SMILES string of the molecule is C=CCO[C@@H]1O[C@@H](C)[C@H](O[C@H]2O[C@H](COC(C)=O)[C@@H](OC(C)=O)[C@H](OC(C)=O)[C@H]2OC(C)C2CC2)[C@H]2OC(C)(C)O[C@@H]12. The molecule has 3 saturated heterocycles. The molecule has 238 valence electrons. The van der Waals surface area contributed by atoms with Gasteiger partial charge in [0, 0.05) is 20.8 Å². The molecule has 0 aromatic heterocycles. The normalized spacial score (nSPS) is 38.2. The zero-order valence-corrected chi connectivity index (χ0v) is 25.3. The van der Waals surface area contributed by atoms with E-state index in [1.54, 1.807) is 19.9 Å². The van der Waals surface area contributed by atoms with Crippen molar-refractivity contribution < 1.29 is 61.8 Å². The van der Waals surface area contributed by atoms with Crippen LogP contribution in [0.2, 0.25) is 0 Å². The number of carbonyl (C=O) groups excluding carboxylic acids is 3. The molecule has 1 unspecified atom stereocenters. The van der Waals surface area contributed by atoms with Gasteiger partial charge in [-0.05, 0) is 46.5 Å². The van der Waals surface area contributed by atoms with E-state index in [0.717, 1.165) is 12.8 Å². The summed E-state index contributed by atoms with van der Waals surface area (Å²) in [7, 11) is 0. The summed E-state index contributed by atoms with van der Waals surface area (Å²) in [6.07, 6.45) is -5.45. The van der Waals surface area contributed by atoms with Crippen molar-refractivity contribution in [2.24, 2.45) is 5.92 Å². The van der Waals surface area contributed by atoms with Gasteiger partial charge in [-0.15, -0.1) is 6.58 Å². The molecule has 3 aliphatic heterocycles. The summed E-state index contributed by atoms with van der Waals surface area (Å²) in [4.78, 5) is 36.2. The quantitative estimate of drug-likeness (QED) is 0.184. The zero-order chi connectivity index (χ0) is 30.8. The van der Waals surface area contributed by atoms with Crippen molar-refractivity contribution in [3.8, 4) is 0 Å². The Morgan fingerprint density at radius 3 is 2.14 bits per heavy atom. The highest BCUT2D eigenvalue weighted by Crippen LogP contribution is 2.42. The van der Waals surface area contributed by atoms with Gasteiger partial charge in [0.05, 0.1) is 18.8 Å². The number of hydrogen-bond acceptors (Lipinski definition) is 13. The number of fused-ring (bicyclic) bond motifs is 1. The fourth-order valence-electron chi connectivity index (χ4n) is 5.61. The molecule has 13 heteroatoms. The maximum absolute atomic E-state index is 12.3. The van der Waals surface area contributed by atoms with Crippen molar-refractivity contribution >= 4 is 17.9 Å². The standard InChI is InChI=1S/C29H44O13/c1-9-12-33-27-26-24(41-29(7,8)42-26)21(15(3)36-27)40-28-25(35-14(2)19-10-11-19)23(38-18(6)32)22(37-17(5)31)20(39-28)13-34-16(4)30/h9,14-15,19-28H,1,10-13H2,2-8H3/t14?,15-,20+,21-,22+,23-,24+,25+,26+,27+,28+/m0/s1. The van der Waals surface area contributed by atoms with Gasteiger partial charge in [0.1, 0.15) is 37.1 Å². The summed E-state index contributed by atoms with van der Waals surface area (Å²) in [6.45, 7) is 14.7. The number of ether oxygens (including phenoxy) is 10. The maximum atomic E-state index is 12.3. The predicted octanol–water partition coefficient (Wildman–Crippen LogP) is 2.17. The van der Waals surface area contributed by atoms with Crippen LogP contribution in [0.4, 0.5) is 0 Å². The molecule has 13 nitrogen and oxygen atoms in total. The first-order chi connectivity index (χ1) is 19.8. The molecular weight excluding hydrogens is 556 g/mol. The average molecular weight is 601 g/mol. The molecule has 0 amide bonds. The van der Waals surface area contributed by atoms with Gasteiger partial charge in [0.25, 0.3) is 0 Å². The van der Waals surface area contributed by atoms with Crippen LogP contribution in [0, 0.1) is 5.92 Å². The smallest absolute Gasteiger partial charge is 0.303 e. The van der Waals surface area contributed by atoms with Crippen LogP contribution >= 0.6 is 0 Å². The number of rotatable bonds is 12. The van der Waals surface area contributed by atoms with Crippen molar-refractivity contribution in [2.75, 3.05) is 13.2 Å².